The minimum absolute atomic E-state index is 0.153. The number of carboxylic acid groups (broad SMARTS) is 1. The van der Waals surface area contributed by atoms with Gasteiger partial charge in [-0.2, -0.15) is 5.10 Å². The molecule has 1 N–H and O–H groups in total. The summed E-state index contributed by atoms with van der Waals surface area (Å²) in [6.45, 7) is 2.54. The quantitative estimate of drug-likeness (QED) is 0.354. The van der Waals surface area contributed by atoms with Gasteiger partial charge in [-0.3, -0.25) is 4.79 Å². The Hall–Kier alpha value is -3.03. The van der Waals surface area contributed by atoms with Crippen LogP contribution in [0.1, 0.15) is 43.4 Å². The van der Waals surface area contributed by atoms with E-state index in [1.807, 2.05) is 30.3 Å². The number of unbranched alkanes of at least 4 members (excludes halogenated alkanes) is 1. The number of hydrogen-bond donors (Lipinski definition) is 1. The van der Waals surface area contributed by atoms with Crippen LogP contribution in [0.25, 0.3) is 0 Å². The van der Waals surface area contributed by atoms with Crippen LogP contribution < -0.4 is 0 Å². The third-order valence-corrected chi connectivity index (χ3v) is 5.34. The van der Waals surface area contributed by atoms with E-state index in [9.17, 15) is 9.18 Å². The van der Waals surface area contributed by atoms with Crippen molar-refractivity contribution in [3.05, 3.63) is 95.3 Å². The molecule has 2 atom stereocenters. The fraction of sp³-hybridized carbons (Fsp3) is 0.292. The van der Waals surface area contributed by atoms with E-state index in [1.54, 1.807) is 29.2 Å². The standard InChI is InChI=1S/C17H13ClFN3O.C7H12O2/c18-15-4-2-1-3-14(15)16-17(23-16,9-22-11-20-10-21-22)12-5-7-13(19)8-6-12;1-2-3-4-5-6-7(8)9/h1-8,10-11,16H,9H2;4-5H,2-3,6H2,1H3,(H,8,9)/b;5-4+. The molecule has 32 heavy (non-hydrogen) atoms. The highest BCUT2D eigenvalue weighted by Gasteiger charge is 2.59. The molecule has 0 radical (unpaired) electrons. The smallest absolute Gasteiger partial charge is 0.307 e. The van der Waals surface area contributed by atoms with Crippen molar-refractivity contribution in [3.8, 4) is 0 Å². The van der Waals surface area contributed by atoms with E-state index in [0.29, 0.717) is 11.6 Å². The molecule has 6 nitrogen and oxygen atoms in total. The zero-order valence-electron chi connectivity index (χ0n) is 17.7. The van der Waals surface area contributed by atoms with Crippen LogP contribution in [0.3, 0.4) is 0 Å². The molecule has 1 aliphatic rings. The van der Waals surface area contributed by atoms with Gasteiger partial charge in [-0.05, 0) is 30.2 Å². The Kier molecular flexibility index (Phi) is 8.14. The van der Waals surface area contributed by atoms with Gasteiger partial charge in [0.1, 0.15) is 30.2 Å². The minimum Gasteiger partial charge on any atom is -0.481 e. The number of epoxide rings is 1. The average molecular weight is 458 g/mol. The topological polar surface area (TPSA) is 80.5 Å². The molecule has 0 bridgehead atoms. The lowest BCUT2D eigenvalue weighted by Gasteiger charge is -2.14. The summed E-state index contributed by atoms with van der Waals surface area (Å²) >= 11 is 6.31. The van der Waals surface area contributed by atoms with Crippen molar-refractivity contribution in [3.63, 3.8) is 0 Å². The maximum atomic E-state index is 13.3. The normalized spacial score (nSPS) is 19.4. The number of halogens is 2. The maximum absolute atomic E-state index is 13.3. The minimum atomic E-state index is -0.762. The van der Waals surface area contributed by atoms with E-state index in [1.165, 1.54) is 18.5 Å². The summed E-state index contributed by atoms with van der Waals surface area (Å²) in [5.41, 5.74) is 1.18. The van der Waals surface area contributed by atoms with Gasteiger partial charge in [0.2, 0.25) is 0 Å². The lowest BCUT2D eigenvalue weighted by atomic mass is 9.91. The molecule has 2 aromatic carbocycles. The summed E-state index contributed by atoms with van der Waals surface area (Å²) in [4.78, 5) is 13.9. The Morgan fingerprint density at radius 2 is 2.00 bits per heavy atom. The highest BCUT2D eigenvalue weighted by atomic mass is 35.5. The third-order valence-electron chi connectivity index (χ3n) is 4.99. The predicted octanol–water partition coefficient (Wildman–Crippen LogP) is 5.56. The number of nitrogens with zero attached hydrogens (tertiary/aromatic N) is 3. The third kappa shape index (κ3) is 6.02. The average Bonchev–Trinajstić information content (AvgIpc) is 3.25. The van der Waals surface area contributed by atoms with Gasteiger partial charge >= 0.3 is 5.97 Å². The van der Waals surface area contributed by atoms with Crippen molar-refractivity contribution in [1.82, 2.24) is 14.8 Å². The Labute approximate surface area is 191 Å². The van der Waals surface area contributed by atoms with Crippen LogP contribution in [-0.2, 0) is 21.7 Å². The van der Waals surface area contributed by atoms with Gasteiger partial charge in [0.25, 0.3) is 0 Å². The summed E-state index contributed by atoms with van der Waals surface area (Å²) in [5.74, 6) is -1.04. The monoisotopic (exact) mass is 457 g/mol. The molecule has 0 aliphatic carbocycles. The second-order valence-electron chi connectivity index (χ2n) is 7.37. The lowest BCUT2D eigenvalue weighted by molar-refractivity contribution is -0.136. The number of carbonyl (C=O) groups is 1. The lowest BCUT2D eigenvalue weighted by Crippen LogP contribution is -2.19. The highest BCUT2D eigenvalue weighted by molar-refractivity contribution is 6.31. The summed E-state index contributed by atoms with van der Waals surface area (Å²) < 4.78 is 21.1. The Morgan fingerprint density at radius 3 is 2.62 bits per heavy atom. The molecular formula is C24H25ClFN3O3. The molecular weight excluding hydrogens is 433 g/mol. The van der Waals surface area contributed by atoms with Crippen molar-refractivity contribution in [2.45, 2.75) is 44.4 Å². The molecule has 1 saturated heterocycles. The molecule has 3 aromatic rings. The molecule has 0 saturated carbocycles. The molecule has 4 rings (SSSR count). The maximum Gasteiger partial charge on any atom is 0.307 e. The molecule has 8 heteroatoms. The Bertz CT molecular complexity index is 1040. The molecule has 168 valence electrons. The van der Waals surface area contributed by atoms with Crippen LogP contribution >= 0.6 is 11.6 Å². The zero-order valence-corrected chi connectivity index (χ0v) is 18.5. The van der Waals surface area contributed by atoms with Crippen LogP contribution in [0.4, 0.5) is 4.39 Å². The number of benzene rings is 2. The first kappa shape index (κ1) is 23.6. The van der Waals surface area contributed by atoms with E-state index in [0.717, 1.165) is 24.0 Å². The van der Waals surface area contributed by atoms with Crippen molar-refractivity contribution in [2.75, 3.05) is 0 Å². The first-order valence-corrected chi connectivity index (χ1v) is 10.7. The fourth-order valence-corrected chi connectivity index (χ4v) is 3.60. The van der Waals surface area contributed by atoms with Crippen LogP contribution in [0.2, 0.25) is 5.02 Å². The number of ether oxygens (including phenoxy) is 1. The van der Waals surface area contributed by atoms with E-state index in [2.05, 4.69) is 17.0 Å². The van der Waals surface area contributed by atoms with Gasteiger partial charge in [0.15, 0.2) is 0 Å². The van der Waals surface area contributed by atoms with Gasteiger partial charge in [-0.25, -0.2) is 14.1 Å². The summed E-state index contributed by atoms with van der Waals surface area (Å²) in [6.07, 6.45) is 8.71. The van der Waals surface area contributed by atoms with Gasteiger partial charge in [0.05, 0.1) is 13.0 Å². The number of allylic oxidation sites excluding steroid dienone is 1. The van der Waals surface area contributed by atoms with Crippen molar-refractivity contribution < 1.29 is 19.0 Å². The predicted molar refractivity (Wildman–Crippen MR) is 120 cm³/mol. The molecule has 1 aromatic heterocycles. The number of carboxylic acids is 1. The second-order valence-corrected chi connectivity index (χ2v) is 7.77. The van der Waals surface area contributed by atoms with Crippen molar-refractivity contribution in [2.24, 2.45) is 0 Å². The number of aliphatic carboxylic acids is 1. The Morgan fingerprint density at radius 1 is 1.25 bits per heavy atom. The first-order valence-electron chi connectivity index (χ1n) is 10.3. The van der Waals surface area contributed by atoms with Crippen LogP contribution in [0, 0.1) is 5.82 Å². The molecule has 1 fully saturated rings. The molecule has 1 aliphatic heterocycles. The Balaban J connectivity index is 0.000000275. The molecule has 2 unspecified atom stereocenters. The summed E-state index contributed by atoms with van der Waals surface area (Å²) in [6, 6.07) is 13.9. The highest BCUT2D eigenvalue weighted by Crippen LogP contribution is 2.59. The number of rotatable bonds is 8. The van der Waals surface area contributed by atoms with Gasteiger partial charge < -0.3 is 9.84 Å². The van der Waals surface area contributed by atoms with E-state index in [4.69, 9.17) is 21.4 Å². The van der Waals surface area contributed by atoms with E-state index >= 15 is 0 Å². The first-order chi connectivity index (χ1) is 15.5. The molecule has 0 spiro atoms. The van der Waals surface area contributed by atoms with Gasteiger partial charge in [-0.15, -0.1) is 0 Å². The van der Waals surface area contributed by atoms with Crippen molar-refractivity contribution >= 4 is 17.6 Å². The number of hydrogen-bond acceptors (Lipinski definition) is 4. The summed E-state index contributed by atoms with van der Waals surface area (Å²) in [5, 5.41) is 13.0. The van der Waals surface area contributed by atoms with Gasteiger partial charge in [-0.1, -0.05) is 67.4 Å². The second kappa shape index (κ2) is 11.0. The van der Waals surface area contributed by atoms with Crippen LogP contribution in [0.5, 0.6) is 0 Å². The fourth-order valence-electron chi connectivity index (χ4n) is 3.37. The molecule has 2 heterocycles. The van der Waals surface area contributed by atoms with Gasteiger partial charge in [0, 0.05) is 10.6 Å². The van der Waals surface area contributed by atoms with E-state index < -0.39 is 11.6 Å². The number of aromatic nitrogens is 3. The van der Waals surface area contributed by atoms with Crippen LogP contribution in [-0.4, -0.2) is 25.8 Å². The van der Waals surface area contributed by atoms with Crippen LogP contribution in [0.15, 0.2) is 73.3 Å². The van der Waals surface area contributed by atoms with Crippen molar-refractivity contribution in [1.29, 1.82) is 0 Å². The molecule has 0 amide bonds. The zero-order chi connectivity index (χ0) is 23.0. The van der Waals surface area contributed by atoms with E-state index in [-0.39, 0.29) is 18.3 Å². The summed E-state index contributed by atoms with van der Waals surface area (Å²) in [7, 11) is 0. The largest absolute Gasteiger partial charge is 0.481 e. The SMILES string of the molecule is CCC/C=C/CC(=O)O.Fc1ccc(C2(Cn3cncn3)OC2c2ccccc2Cl)cc1.